The summed E-state index contributed by atoms with van der Waals surface area (Å²) in [5.74, 6) is -2.18. The van der Waals surface area contributed by atoms with Crippen molar-refractivity contribution in [2.75, 3.05) is 11.9 Å². The fraction of sp³-hybridized carbons (Fsp3) is 0.174. The first-order valence-corrected chi connectivity index (χ1v) is 9.96. The van der Waals surface area contributed by atoms with Crippen LogP contribution in [0.2, 0.25) is 0 Å². The van der Waals surface area contributed by atoms with Crippen molar-refractivity contribution in [1.29, 1.82) is 5.26 Å². The lowest BCUT2D eigenvalue weighted by Crippen LogP contribution is -2.32. The highest BCUT2D eigenvalue weighted by Gasteiger charge is 2.57. The molecule has 1 aliphatic carbocycles. The number of amides is 2. The highest BCUT2D eigenvalue weighted by atomic mass is 19.1. The third-order valence-electron chi connectivity index (χ3n) is 5.58. The van der Waals surface area contributed by atoms with Gasteiger partial charge >= 0.3 is 6.03 Å². The topological polar surface area (TPSA) is 96.3 Å². The largest absolute Gasteiger partial charge is 0.490 e. The number of benzene rings is 2. The molecule has 3 unspecified atom stereocenters. The van der Waals surface area contributed by atoms with Crippen molar-refractivity contribution < 1.29 is 27.4 Å². The van der Waals surface area contributed by atoms with E-state index in [4.69, 9.17) is 14.7 Å². The second-order valence-corrected chi connectivity index (χ2v) is 7.64. The second-order valence-electron chi connectivity index (χ2n) is 7.64. The third-order valence-corrected chi connectivity index (χ3v) is 5.58. The van der Waals surface area contributed by atoms with Crippen LogP contribution in [-0.4, -0.2) is 23.7 Å². The molecule has 166 valence electrons. The van der Waals surface area contributed by atoms with Gasteiger partial charge in [-0.3, -0.25) is 5.32 Å². The number of pyridine rings is 1. The van der Waals surface area contributed by atoms with Crippen LogP contribution in [0.3, 0.4) is 0 Å². The van der Waals surface area contributed by atoms with Gasteiger partial charge in [0.15, 0.2) is 23.1 Å². The maximum atomic E-state index is 14.2. The maximum Gasteiger partial charge on any atom is 0.320 e. The fourth-order valence-corrected chi connectivity index (χ4v) is 3.95. The Labute approximate surface area is 185 Å². The molecule has 2 aliphatic rings. The molecule has 0 radical (unpaired) electrons. The zero-order valence-corrected chi connectivity index (χ0v) is 16.8. The average Bonchev–Trinajstić information content (AvgIpc) is 3.51. The first kappa shape index (κ1) is 20.6. The van der Waals surface area contributed by atoms with E-state index in [0.29, 0.717) is 0 Å². The quantitative estimate of drug-likeness (QED) is 0.610. The fourth-order valence-electron chi connectivity index (χ4n) is 3.95. The summed E-state index contributed by atoms with van der Waals surface area (Å²) in [6, 6.07) is 9.63. The van der Waals surface area contributed by atoms with Gasteiger partial charge in [-0.25, -0.2) is 22.9 Å². The minimum atomic E-state index is -0.636. The number of anilines is 1. The highest BCUT2D eigenvalue weighted by molar-refractivity contribution is 5.89. The van der Waals surface area contributed by atoms with Gasteiger partial charge in [0, 0.05) is 29.5 Å². The summed E-state index contributed by atoms with van der Waals surface area (Å²) in [6.45, 7) is 0.177. The van der Waals surface area contributed by atoms with E-state index in [0.717, 1.165) is 18.2 Å². The van der Waals surface area contributed by atoms with Gasteiger partial charge in [-0.1, -0.05) is 0 Å². The van der Waals surface area contributed by atoms with E-state index in [9.17, 15) is 18.0 Å². The van der Waals surface area contributed by atoms with Crippen LogP contribution in [0.4, 0.5) is 23.8 Å². The van der Waals surface area contributed by atoms with E-state index < -0.39 is 29.5 Å². The van der Waals surface area contributed by atoms with Crippen molar-refractivity contribution in [2.24, 2.45) is 5.92 Å². The van der Waals surface area contributed by atoms with E-state index in [1.165, 1.54) is 30.5 Å². The Kier molecular flexibility index (Phi) is 5.01. The number of halogens is 3. The normalized spacial score (nSPS) is 19.9. The van der Waals surface area contributed by atoms with Gasteiger partial charge in [-0.05, 0) is 36.4 Å². The van der Waals surface area contributed by atoms with Gasteiger partial charge in [0.25, 0.3) is 0 Å². The Balaban J connectivity index is 1.21. The van der Waals surface area contributed by atoms with Crippen molar-refractivity contribution in [3.05, 3.63) is 77.2 Å². The van der Waals surface area contributed by atoms with Crippen molar-refractivity contribution >= 4 is 11.8 Å². The summed E-state index contributed by atoms with van der Waals surface area (Å²) < 4.78 is 52.7. The van der Waals surface area contributed by atoms with Gasteiger partial charge in [0.05, 0.1) is 24.4 Å². The van der Waals surface area contributed by atoms with Crippen LogP contribution in [0.15, 0.2) is 48.7 Å². The number of fused-ring (bicyclic) bond motifs is 3. The Morgan fingerprint density at radius 1 is 1.12 bits per heavy atom. The molecule has 5 rings (SSSR count). The van der Waals surface area contributed by atoms with E-state index in [2.05, 4.69) is 15.6 Å². The van der Waals surface area contributed by atoms with Crippen molar-refractivity contribution in [3.8, 4) is 23.3 Å². The Hall–Kier alpha value is -4.26. The Morgan fingerprint density at radius 3 is 2.67 bits per heavy atom. The zero-order chi connectivity index (χ0) is 23.1. The molecule has 33 heavy (non-hydrogen) atoms. The van der Waals surface area contributed by atoms with Gasteiger partial charge in [0.1, 0.15) is 17.4 Å². The number of nitrogens with one attached hydrogen (secondary N) is 2. The summed E-state index contributed by atoms with van der Waals surface area (Å²) in [4.78, 5) is 16.4. The number of urea groups is 1. The molecular formula is C23H15F3N4O3. The minimum Gasteiger partial charge on any atom is -0.490 e. The summed E-state index contributed by atoms with van der Waals surface area (Å²) >= 11 is 0. The van der Waals surface area contributed by atoms with Gasteiger partial charge in [0.2, 0.25) is 0 Å². The van der Waals surface area contributed by atoms with Crippen LogP contribution in [0, 0.1) is 34.7 Å². The molecule has 2 N–H and O–H groups in total. The molecule has 1 aromatic heterocycles. The number of hydrogen-bond acceptors (Lipinski definition) is 5. The summed E-state index contributed by atoms with van der Waals surface area (Å²) in [6.07, 6.45) is 1.28. The lowest BCUT2D eigenvalue weighted by molar-refractivity contribution is 0.247. The molecule has 1 saturated carbocycles. The van der Waals surface area contributed by atoms with Crippen LogP contribution >= 0.6 is 0 Å². The molecule has 0 bridgehead atoms. The Morgan fingerprint density at radius 2 is 1.91 bits per heavy atom. The minimum absolute atomic E-state index is 0.102. The predicted octanol–water partition coefficient (Wildman–Crippen LogP) is 4.46. The first-order chi connectivity index (χ1) is 15.9. The number of rotatable bonds is 4. The number of carbonyl (C=O) groups is 1. The molecule has 2 amide bonds. The standard InChI is InChI=1S/C23H15F3N4O3/c24-14-3-1-11(8-27)7-17(14)33-12-2-6-18(28-9-12)29-23(31)30-21-13-10-32-22-16(26)5-4-15(25)20(22)19(13)21/h1-7,9,13,19,21H,10H2,(H2,28,29,30,31). The van der Waals surface area contributed by atoms with Gasteiger partial charge < -0.3 is 14.8 Å². The number of carbonyl (C=O) groups excluding carboxylic acids is 1. The van der Waals surface area contributed by atoms with Crippen LogP contribution in [0.5, 0.6) is 17.2 Å². The van der Waals surface area contributed by atoms with E-state index in [1.54, 1.807) is 0 Å². The molecule has 0 spiro atoms. The highest BCUT2D eigenvalue weighted by Crippen LogP contribution is 2.55. The van der Waals surface area contributed by atoms with Crippen molar-refractivity contribution in [2.45, 2.75) is 12.0 Å². The summed E-state index contributed by atoms with van der Waals surface area (Å²) in [7, 11) is 0. The third kappa shape index (κ3) is 3.89. The van der Waals surface area contributed by atoms with E-state index in [1.807, 2.05) is 6.07 Å². The molecule has 0 saturated heterocycles. The number of nitrogens with zero attached hydrogens (tertiary/aromatic N) is 2. The first-order valence-electron chi connectivity index (χ1n) is 9.96. The monoisotopic (exact) mass is 452 g/mol. The molecule has 3 atom stereocenters. The lowest BCUT2D eigenvalue weighted by Gasteiger charge is -2.16. The van der Waals surface area contributed by atoms with Gasteiger partial charge in [-0.15, -0.1) is 0 Å². The van der Waals surface area contributed by atoms with E-state index >= 15 is 0 Å². The lowest BCUT2D eigenvalue weighted by atomic mass is 10.0. The number of ether oxygens (including phenoxy) is 2. The molecule has 2 heterocycles. The SMILES string of the molecule is N#Cc1ccc(F)c(Oc2ccc(NC(=O)NC3C4COc5c(F)ccc(F)c5C43)nc2)c1. The van der Waals surface area contributed by atoms with Crippen molar-refractivity contribution in [1.82, 2.24) is 10.3 Å². The van der Waals surface area contributed by atoms with E-state index in [-0.39, 0.29) is 52.6 Å². The number of aromatic nitrogens is 1. The molecule has 1 aliphatic heterocycles. The van der Waals surface area contributed by atoms with Crippen LogP contribution in [-0.2, 0) is 0 Å². The molecular weight excluding hydrogens is 437 g/mol. The molecule has 7 nitrogen and oxygen atoms in total. The van der Waals surface area contributed by atoms with Crippen LogP contribution < -0.4 is 20.1 Å². The van der Waals surface area contributed by atoms with Crippen molar-refractivity contribution in [3.63, 3.8) is 0 Å². The predicted molar refractivity (Wildman–Crippen MR) is 109 cm³/mol. The molecule has 3 aromatic rings. The van der Waals surface area contributed by atoms with Crippen LogP contribution in [0.25, 0.3) is 0 Å². The smallest absolute Gasteiger partial charge is 0.320 e. The maximum absolute atomic E-state index is 14.2. The summed E-state index contributed by atoms with van der Waals surface area (Å²) in [5.41, 5.74) is 0.384. The number of nitriles is 1. The molecule has 2 aromatic carbocycles. The second kappa shape index (κ2) is 8.02. The molecule has 1 fully saturated rings. The van der Waals surface area contributed by atoms with Gasteiger partial charge in [-0.2, -0.15) is 5.26 Å². The summed E-state index contributed by atoms with van der Waals surface area (Å²) in [5, 5.41) is 14.2. The zero-order valence-electron chi connectivity index (χ0n) is 16.8. The van der Waals surface area contributed by atoms with Crippen LogP contribution in [0.1, 0.15) is 17.0 Å². The Bertz CT molecular complexity index is 1290. The average molecular weight is 452 g/mol. The molecule has 10 heteroatoms. The number of hydrogen-bond donors (Lipinski definition) is 2.